The number of anilines is 1. The van der Waals surface area contributed by atoms with Crippen LogP contribution in [0, 0.1) is 12.7 Å². The van der Waals surface area contributed by atoms with Gasteiger partial charge in [0.15, 0.2) is 10.9 Å². The largest absolute Gasteiger partial charge is 0.500 e. The first-order valence-corrected chi connectivity index (χ1v) is 12.1. The molecule has 1 fully saturated rings. The highest BCUT2D eigenvalue weighted by molar-refractivity contribution is 8.03. The number of halogens is 1. The molecule has 0 radical (unpaired) electrons. The van der Waals surface area contributed by atoms with Crippen molar-refractivity contribution in [2.45, 2.75) is 30.2 Å². The Labute approximate surface area is 195 Å². The van der Waals surface area contributed by atoms with Gasteiger partial charge in [-0.25, -0.2) is 9.29 Å². The van der Waals surface area contributed by atoms with Gasteiger partial charge in [0.25, 0.3) is 5.91 Å². The van der Waals surface area contributed by atoms with Crippen LogP contribution in [0.15, 0.2) is 58.3 Å². The lowest BCUT2D eigenvalue weighted by Gasteiger charge is -2.34. The summed E-state index contributed by atoms with van der Waals surface area (Å²) in [6, 6.07) is 12.1. The molecule has 0 amide bonds. The highest BCUT2D eigenvalue weighted by Gasteiger charge is 2.40. The molecular formula is C22H27FN4O3S2. The van der Waals surface area contributed by atoms with Crippen LogP contribution >= 0.6 is 23.7 Å². The number of nitrogens with zero attached hydrogens (tertiary/aromatic N) is 2. The molecule has 0 aromatic heterocycles. The Morgan fingerprint density at radius 2 is 2.03 bits per heavy atom. The molecule has 0 bridgehead atoms. The lowest BCUT2D eigenvalue weighted by atomic mass is 10.1. The number of aliphatic hydroxyl groups is 3. The maximum Gasteiger partial charge on any atom is 0.253 e. The van der Waals surface area contributed by atoms with Crippen molar-refractivity contribution in [3.05, 3.63) is 70.3 Å². The highest BCUT2D eigenvalue weighted by atomic mass is 32.2. The fourth-order valence-corrected chi connectivity index (χ4v) is 5.45. The first-order chi connectivity index (χ1) is 15.3. The summed E-state index contributed by atoms with van der Waals surface area (Å²) in [5.41, 5.74) is 2.10. The molecular weight excluding hydrogens is 451 g/mol. The van der Waals surface area contributed by atoms with Crippen molar-refractivity contribution in [2.24, 2.45) is 0 Å². The van der Waals surface area contributed by atoms with Gasteiger partial charge in [-0.3, -0.25) is 0 Å². The van der Waals surface area contributed by atoms with Crippen LogP contribution in [0.5, 0.6) is 0 Å². The summed E-state index contributed by atoms with van der Waals surface area (Å²) in [5, 5.41) is 34.3. The number of aliphatic hydroxyl groups excluding tert-OH is 1. The SMILES string of the molecule is Cc1cc(SNC2=C(O)SCN2)c(F)cc1N(C)C1CCN(C(O)(O)c2ccccc2)C1. The average molecular weight is 479 g/mol. The standard InChI is InChI=1S/C22H27FN4O3S2/c1-14-10-19(32-25-20-21(28)31-13-24-20)17(23)11-18(14)26(2)16-8-9-27(12-16)22(29,30)15-6-4-3-5-7-15/h3-7,10-11,16,24-25,28-30H,8-9,12-13H2,1-2H3. The third-order valence-electron chi connectivity index (χ3n) is 5.88. The van der Waals surface area contributed by atoms with Gasteiger partial charge in [-0.15, -0.1) is 0 Å². The van der Waals surface area contributed by atoms with Crippen molar-refractivity contribution in [2.75, 3.05) is 30.9 Å². The number of hydrogen-bond acceptors (Lipinski definition) is 9. The minimum Gasteiger partial charge on any atom is -0.500 e. The Morgan fingerprint density at radius 3 is 2.72 bits per heavy atom. The van der Waals surface area contributed by atoms with E-state index in [0.717, 1.165) is 29.6 Å². The van der Waals surface area contributed by atoms with Gasteiger partial charge in [0, 0.05) is 37.4 Å². The number of nitrogens with one attached hydrogen (secondary N) is 2. The van der Waals surface area contributed by atoms with E-state index < -0.39 is 5.91 Å². The van der Waals surface area contributed by atoms with Crippen molar-refractivity contribution < 1.29 is 19.7 Å². The summed E-state index contributed by atoms with van der Waals surface area (Å²) in [4.78, 5) is 4.07. The Hall–Kier alpha value is -2.11. The fourth-order valence-electron chi connectivity index (χ4n) is 4.00. The van der Waals surface area contributed by atoms with Gasteiger partial charge in [-0.2, -0.15) is 0 Å². The molecule has 32 heavy (non-hydrogen) atoms. The molecule has 10 heteroatoms. The fraction of sp³-hybridized carbons (Fsp3) is 0.364. The summed E-state index contributed by atoms with van der Waals surface area (Å²) >= 11 is 2.38. The molecule has 0 aliphatic carbocycles. The molecule has 0 saturated carbocycles. The second kappa shape index (κ2) is 9.40. The van der Waals surface area contributed by atoms with E-state index in [1.54, 1.807) is 35.2 Å². The normalized spacial score (nSPS) is 19.3. The van der Waals surface area contributed by atoms with Crippen LogP contribution in [0.2, 0.25) is 0 Å². The van der Waals surface area contributed by atoms with Crippen LogP contribution in [-0.2, 0) is 5.91 Å². The molecule has 2 aromatic carbocycles. The van der Waals surface area contributed by atoms with E-state index in [1.807, 2.05) is 24.9 Å². The predicted molar refractivity (Wildman–Crippen MR) is 126 cm³/mol. The number of thioether (sulfide) groups is 1. The molecule has 1 atom stereocenters. The van der Waals surface area contributed by atoms with E-state index in [0.29, 0.717) is 35.2 Å². The third-order valence-corrected chi connectivity index (χ3v) is 7.48. The van der Waals surface area contributed by atoms with Crippen LogP contribution in [-0.4, -0.2) is 52.3 Å². The Bertz CT molecular complexity index is 1010. The molecule has 1 unspecified atom stereocenters. The average Bonchev–Trinajstić information content (AvgIpc) is 3.44. The first-order valence-electron chi connectivity index (χ1n) is 10.3. The number of rotatable bonds is 7. The quantitative estimate of drug-likeness (QED) is 0.304. The highest BCUT2D eigenvalue weighted by Crippen LogP contribution is 2.34. The van der Waals surface area contributed by atoms with Crippen LogP contribution < -0.4 is 14.9 Å². The molecule has 5 N–H and O–H groups in total. The van der Waals surface area contributed by atoms with Crippen LogP contribution in [0.1, 0.15) is 17.5 Å². The second-order valence-electron chi connectivity index (χ2n) is 7.92. The number of likely N-dealkylation sites (tertiary alicyclic amines) is 1. The number of aryl methyl sites for hydroxylation is 1. The molecule has 2 aliphatic rings. The monoisotopic (exact) mass is 478 g/mol. The van der Waals surface area contributed by atoms with Crippen molar-refractivity contribution in [3.63, 3.8) is 0 Å². The maximum absolute atomic E-state index is 14.9. The zero-order valence-corrected chi connectivity index (χ0v) is 19.5. The van der Waals surface area contributed by atoms with Gasteiger partial charge in [-0.05, 0) is 43.0 Å². The topological polar surface area (TPSA) is 91.2 Å². The molecule has 4 rings (SSSR count). The van der Waals surface area contributed by atoms with Crippen LogP contribution in [0.4, 0.5) is 10.1 Å². The van der Waals surface area contributed by atoms with E-state index in [2.05, 4.69) is 10.0 Å². The van der Waals surface area contributed by atoms with Gasteiger partial charge < -0.3 is 30.3 Å². The summed E-state index contributed by atoms with van der Waals surface area (Å²) < 4.78 is 17.8. The van der Waals surface area contributed by atoms with Gasteiger partial charge in [0.2, 0.25) is 0 Å². The van der Waals surface area contributed by atoms with E-state index in [4.69, 9.17) is 0 Å². The summed E-state index contributed by atoms with van der Waals surface area (Å²) in [6.45, 7) is 2.88. The third kappa shape index (κ3) is 4.65. The maximum atomic E-state index is 14.9. The molecule has 1 saturated heterocycles. The second-order valence-corrected chi connectivity index (χ2v) is 9.73. The smallest absolute Gasteiger partial charge is 0.253 e. The summed E-state index contributed by atoms with van der Waals surface area (Å²) in [6.07, 6.45) is 0.724. The van der Waals surface area contributed by atoms with E-state index >= 15 is 0 Å². The lowest BCUT2D eigenvalue weighted by molar-refractivity contribution is -0.269. The Balaban J connectivity index is 1.45. The van der Waals surface area contributed by atoms with E-state index in [1.165, 1.54) is 17.8 Å². The lowest BCUT2D eigenvalue weighted by Crippen LogP contribution is -2.46. The summed E-state index contributed by atoms with van der Waals surface area (Å²) in [7, 11) is 1.91. The van der Waals surface area contributed by atoms with Crippen molar-refractivity contribution >= 4 is 29.4 Å². The molecule has 2 heterocycles. The molecule has 172 valence electrons. The minimum absolute atomic E-state index is 0.00827. The Morgan fingerprint density at radius 1 is 1.28 bits per heavy atom. The number of hydrogen-bond donors (Lipinski definition) is 5. The van der Waals surface area contributed by atoms with Crippen molar-refractivity contribution in [1.29, 1.82) is 0 Å². The zero-order valence-electron chi connectivity index (χ0n) is 17.9. The molecule has 0 spiro atoms. The van der Waals surface area contributed by atoms with Crippen molar-refractivity contribution in [3.8, 4) is 0 Å². The van der Waals surface area contributed by atoms with Crippen LogP contribution in [0.3, 0.4) is 0 Å². The van der Waals surface area contributed by atoms with Gasteiger partial charge >= 0.3 is 0 Å². The summed E-state index contributed by atoms with van der Waals surface area (Å²) in [5.74, 6) is -1.35. The predicted octanol–water partition coefficient (Wildman–Crippen LogP) is 3.01. The zero-order chi connectivity index (χ0) is 22.9. The van der Waals surface area contributed by atoms with Gasteiger partial charge in [0.1, 0.15) is 5.82 Å². The first kappa shape index (κ1) is 23.1. The number of likely N-dealkylation sites (N-methyl/N-ethyl adjacent to an activating group) is 1. The molecule has 7 nitrogen and oxygen atoms in total. The van der Waals surface area contributed by atoms with Crippen molar-refractivity contribution in [1.82, 2.24) is 14.9 Å². The minimum atomic E-state index is -2.05. The van der Waals surface area contributed by atoms with Gasteiger partial charge in [0.05, 0.1) is 10.8 Å². The van der Waals surface area contributed by atoms with E-state index in [9.17, 15) is 19.7 Å². The Kier molecular flexibility index (Phi) is 6.78. The molecule has 2 aliphatic heterocycles. The molecule has 2 aromatic rings. The number of benzene rings is 2. The van der Waals surface area contributed by atoms with Crippen LogP contribution in [0.25, 0.3) is 0 Å². The van der Waals surface area contributed by atoms with Gasteiger partial charge in [-0.1, -0.05) is 42.1 Å². The van der Waals surface area contributed by atoms with E-state index in [-0.39, 0.29) is 17.0 Å².